The van der Waals surface area contributed by atoms with Gasteiger partial charge in [0.2, 0.25) is 0 Å². The van der Waals surface area contributed by atoms with Gasteiger partial charge in [0, 0.05) is 13.5 Å². The lowest BCUT2D eigenvalue weighted by Crippen LogP contribution is -2.35. The Morgan fingerprint density at radius 3 is 2.00 bits per heavy atom. The second kappa shape index (κ2) is 5.07. The molecule has 0 spiro atoms. The van der Waals surface area contributed by atoms with Gasteiger partial charge in [-0.15, -0.1) is 0 Å². The van der Waals surface area contributed by atoms with E-state index < -0.39 is 17.5 Å². The van der Waals surface area contributed by atoms with Gasteiger partial charge in [0.25, 0.3) is 0 Å². The van der Waals surface area contributed by atoms with Crippen molar-refractivity contribution >= 4 is 0 Å². The predicted octanol–water partition coefficient (Wildman–Crippen LogP) is 1.87. The van der Waals surface area contributed by atoms with Crippen molar-refractivity contribution < 1.29 is 19.6 Å². The first-order valence-electron chi connectivity index (χ1n) is 4.78. The normalized spacial score (nSPS) is 15.6. The fraction of sp³-hybridized carbons (Fsp3) is 1.00. The fourth-order valence-corrected chi connectivity index (χ4v) is 0.993. The quantitative estimate of drug-likeness (QED) is 0.409. The minimum absolute atomic E-state index is 0.417. The van der Waals surface area contributed by atoms with Crippen molar-refractivity contribution in [2.24, 2.45) is 0 Å². The van der Waals surface area contributed by atoms with E-state index in [1.807, 2.05) is 13.8 Å². The maximum Gasteiger partial charge on any atom is 0.195 e. The van der Waals surface area contributed by atoms with Crippen molar-refractivity contribution in [3.8, 4) is 0 Å². The summed E-state index contributed by atoms with van der Waals surface area (Å²) in [5.74, 6) is -0.768. The summed E-state index contributed by atoms with van der Waals surface area (Å²) in [5, 5.41) is 9.21. The van der Waals surface area contributed by atoms with Crippen LogP contribution in [0.15, 0.2) is 0 Å². The molecule has 1 atom stereocenters. The van der Waals surface area contributed by atoms with Crippen LogP contribution in [0.2, 0.25) is 0 Å². The molecular weight excluding hydrogens is 184 g/mol. The molecule has 14 heavy (non-hydrogen) atoms. The molecule has 1 unspecified atom stereocenters. The monoisotopic (exact) mass is 206 g/mol. The van der Waals surface area contributed by atoms with E-state index in [0.29, 0.717) is 6.42 Å². The third kappa shape index (κ3) is 6.32. The van der Waals surface area contributed by atoms with Crippen molar-refractivity contribution in [1.29, 1.82) is 0 Å². The zero-order valence-electron chi connectivity index (χ0n) is 9.96. The van der Waals surface area contributed by atoms with Crippen LogP contribution >= 0.6 is 0 Å². The van der Waals surface area contributed by atoms with Crippen LogP contribution in [0.1, 0.15) is 41.0 Å². The van der Waals surface area contributed by atoms with Crippen molar-refractivity contribution in [2.45, 2.75) is 58.5 Å². The molecule has 4 heteroatoms. The first-order chi connectivity index (χ1) is 6.18. The molecule has 0 amide bonds. The minimum Gasteiger partial charge on any atom is -0.393 e. The van der Waals surface area contributed by atoms with Crippen molar-refractivity contribution in [3.05, 3.63) is 0 Å². The van der Waals surface area contributed by atoms with Crippen LogP contribution in [-0.4, -0.2) is 29.7 Å². The van der Waals surface area contributed by atoms with Gasteiger partial charge in [0.05, 0.1) is 6.10 Å². The molecular formula is C10H22O4. The van der Waals surface area contributed by atoms with Crippen LogP contribution in [0, 0.1) is 0 Å². The van der Waals surface area contributed by atoms with Gasteiger partial charge in [-0.05, 0) is 34.6 Å². The summed E-state index contributed by atoms with van der Waals surface area (Å²) >= 11 is 0. The molecule has 0 rings (SSSR count). The maximum absolute atomic E-state index is 9.21. The van der Waals surface area contributed by atoms with Gasteiger partial charge in [-0.2, -0.15) is 0 Å². The number of aliphatic hydroxyl groups excluding tert-OH is 1. The van der Waals surface area contributed by atoms with E-state index in [0.717, 1.165) is 0 Å². The van der Waals surface area contributed by atoms with Crippen LogP contribution in [0.5, 0.6) is 0 Å². The number of ether oxygens (including phenoxy) is 1. The second-order valence-electron chi connectivity index (χ2n) is 4.58. The van der Waals surface area contributed by atoms with Gasteiger partial charge in [-0.1, -0.05) is 0 Å². The highest BCUT2D eigenvalue weighted by atomic mass is 17.2. The average Bonchev–Trinajstić information content (AvgIpc) is 1.99. The molecule has 0 bridgehead atoms. The Kier molecular flexibility index (Phi) is 5.01. The van der Waals surface area contributed by atoms with Crippen LogP contribution in [0.25, 0.3) is 0 Å². The number of hydrogen-bond donors (Lipinski definition) is 1. The third-order valence-electron chi connectivity index (χ3n) is 1.75. The molecule has 1 N–H and O–H groups in total. The highest BCUT2D eigenvalue weighted by molar-refractivity contribution is 4.69. The molecule has 0 saturated carbocycles. The third-order valence-corrected chi connectivity index (χ3v) is 1.75. The van der Waals surface area contributed by atoms with Gasteiger partial charge < -0.3 is 9.84 Å². The zero-order chi connectivity index (χ0) is 11.4. The molecule has 0 saturated heterocycles. The van der Waals surface area contributed by atoms with E-state index >= 15 is 0 Å². The van der Waals surface area contributed by atoms with Crippen molar-refractivity contribution in [2.75, 3.05) is 7.11 Å². The van der Waals surface area contributed by atoms with Crippen molar-refractivity contribution in [3.63, 3.8) is 0 Å². The number of methoxy groups -OCH3 is 1. The number of aliphatic hydroxyl groups is 1. The van der Waals surface area contributed by atoms with Gasteiger partial charge >= 0.3 is 0 Å². The van der Waals surface area contributed by atoms with Crippen LogP contribution in [-0.2, 0) is 14.5 Å². The van der Waals surface area contributed by atoms with Gasteiger partial charge in [0.15, 0.2) is 5.79 Å². The summed E-state index contributed by atoms with van der Waals surface area (Å²) in [4.78, 5) is 10.3. The standard InChI is InChI=1S/C10H22O4/c1-8(11)7-9(2,3)13-14-10(4,5)12-6/h8,11H,7H2,1-6H3. The smallest absolute Gasteiger partial charge is 0.195 e. The number of hydrogen-bond acceptors (Lipinski definition) is 4. The summed E-state index contributed by atoms with van der Waals surface area (Å²) in [5.41, 5.74) is -0.524. The first kappa shape index (κ1) is 13.8. The first-order valence-corrected chi connectivity index (χ1v) is 4.78. The maximum atomic E-state index is 9.21. The van der Waals surface area contributed by atoms with E-state index in [4.69, 9.17) is 14.5 Å². The Bertz CT molecular complexity index is 164. The van der Waals surface area contributed by atoms with Crippen LogP contribution in [0.4, 0.5) is 0 Å². The van der Waals surface area contributed by atoms with E-state index in [1.54, 1.807) is 27.9 Å². The molecule has 0 aliphatic carbocycles. The Morgan fingerprint density at radius 1 is 1.14 bits per heavy atom. The predicted molar refractivity (Wildman–Crippen MR) is 53.6 cm³/mol. The summed E-state index contributed by atoms with van der Waals surface area (Å²) in [6, 6.07) is 0. The van der Waals surface area contributed by atoms with Crippen LogP contribution < -0.4 is 0 Å². The lowest BCUT2D eigenvalue weighted by atomic mass is 10.0. The molecule has 0 fully saturated rings. The molecule has 0 aromatic rings. The van der Waals surface area contributed by atoms with E-state index in [1.165, 1.54) is 0 Å². The minimum atomic E-state index is -0.768. The molecule has 0 aromatic heterocycles. The molecule has 0 aliphatic rings. The summed E-state index contributed by atoms with van der Waals surface area (Å²) in [6.45, 7) is 8.93. The Hall–Kier alpha value is -0.160. The molecule has 0 heterocycles. The van der Waals surface area contributed by atoms with E-state index in [9.17, 15) is 5.11 Å². The summed E-state index contributed by atoms with van der Waals surface area (Å²) in [7, 11) is 1.55. The Labute approximate surface area is 86.1 Å². The second-order valence-corrected chi connectivity index (χ2v) is 4.58. The van der Waals surface area contributed by atoms with Crippen LogP contribution in [0.3, 0.4) is 0 Å². The molecule has 86 valence electrons. The number of rotatable bonds is 6. The van der Waals surface area contributed by atoms with E-state index in [-0.39, 0.29) is 0 Å². The molecule has 0 aromatic carbocycles. The zero-order valence-corrected chi connectivity index (χ0v) is 9.96. The SMILES string of the molecule is COC(C)(C)OOC(C)(C)CC(C)O. The highest BCUT2D eigenvalue weighted by Gasteiger charge is 2.27. The molecule has 0 aliphatic heterocycles. The van der Waals surface area contributed by atoms with Gasteiger partial charge in [-0.25, -0.2) is 9.78 Å². The average molecular weight is 206 g/mol. The van der Waals surface area contributed by atoms with E-state index in [2.05, 4.69) is 0 Å². The van der Waals surface area contributed by atoms with Gasteiger partial charge in [-0.3, -0.25) is 0 Å². The molecule has 4 nitrogen and oxygen atoms in total. The largest absolute Gasteiger partial charge is 0.393 e. The lowest BCUT2D eigenvalue weighted by molar-refractivity contribution is -0.450. The Balaban J connectivity index is 3.98. The Morgan fingerprint density at radius 2 is 1.64 bits per heavy atom. The summed E-state index contributed by atoms with van der Waals surface area (Å²) in [6.07, 6.45) is 0.0894. The van der Waals surface area contributed by atoms with Crippen molar-refractivity contribution in [1.82, 2.24) is 0 Å². The fourth-order valence-electron chi connectivity index (χ4n) is 0.993. The molecule has 0 radical (unpaired) electrons. The summed E-state index contributed by atoms with van der Waals surface area (Å²) < 4.78 is 5.03. The highest BCUT2D eigenvalue weighted by Crippen LogP contribution is 2.21. The lowest BCUT2D eigenvalue weighted by Gasteiger charge is -2.30. The topological polar surface area (TPSA) is 47.9 Å². The van der Waals surface area contributed by atoms with Gasteiger partial charge in [0.1, 0.15) is 5.60 Å².